The van der Waals surface area contributed by atoms with E-state index in [1.807, 2.05) is 36.1 Å². The molecule has 2 aliphatic heterocycles. The van der Waals surface area contributed by atoms with Gasteiger partial charge in [0.1, 0.15) is 0 Å². The van der Waals surface area contributed by atoms with Gasteiger partial charge in [0.15, 0.2) is 5.16 Å². The molecule has 1 aromatic carbocycles. The van der Waals surface area contributed by atoms with Gasteiger partial charge < -0.3 is 9.64 Å². The number of thioether (sulfide) groups is 1. The highest BCUT2D eigenvalue weighted by Crippen LogP contribution is 2.26. The van der Waals surface area contributed by atoms with Crippen molar-refractivity contribution in [2.45, 2.75) is 62.1 Å². The number of para-hydroxylation sites is 1. The molecule has 1 amide bonds. The Labute approximate surface area is 169 Å². The fourth-order valence-electron chi connectivity index (χ4n) is 3.97. The third kappa shape index (κ3) is 4.10. The molecule has 28 heavy (non-hydrogen) atoms. The van der Waals surface area contributed by atoms with Gasteiger partial charge in [0, 0.05) is 19.7 Å². The molecule has 150 valence electrons. The predicted molar refractivity (Wildman–Crippen MR) is 111 cm³/mol. The van der Waals surface area contributed by atoms with E-state index >= 15 is 0 Å². The summed E-state index contributed by atoms with van der Waals surface area (Å²) in [4.78, 5) is 32.7. The van der Waals surface area contributed by atoms with E-state index in [1.54, 1.807) is 4.57 Å². The van der Waals surface area contributed by atoms with Crippen molar-refractivity contribution < 1.29 is 9.53 Å². The summed E-state index contributed by atoms with van der Waals surface area (Å²) >= 11 is 1.39. The lowest BCUT2D eigenvalue weighted by Crippen LogP contribution is -2.40. The first-order valence-electron chi connectivity index (χ1n) is 10.2. The highest BCUT2D eigenvalue weighted by molar-refractivity contribution is 8.00. The fraction of sp³-hybridized carbons (Fsp3) is 0.571. The number of hydrogen-bond donors (Lipinski definition) is 0. The second kappa shape index (κ2) is 8.66. The van der Waals surface area contributed by atoms with E-state index in [9.17, 15) is 9.59 Å². The monoisotopic (exact) mass is 401 g/mol. The molecule has 1 aromatic heterocycles. The van der Waals surface area contributed by atoms with Gasteiger partial charge in [-0.05, 0) is 51.2 Å². The van der Waals surface area contributed by atoms with Gasteiger partial charge in [0.2, 0.25) is 5.91 Å². The number of piperidine rings is 1. The molecule has 0 saturated carbocycles. The number of rotatable bonds is 5. The van der Waals surface area contributed by atoms with Crippen LogP contribution in [0.2, 0.25) is 0 Å². The molecule has 7 heteroatoms. The van der Waals surface area contributed by atoms with Crippen LogP contribution in [0, 0.1) is 0 Å². The number of aromatic nitrogens is 2. The van der Waals surface area contributed by atoms with Crippen molar-refractivity contribution in [3.05, 3.63) is 34.6 Å². The number of hydrogen-bond acceptors (Lipinski definition) is 5. The third-order valence-electron chi connectivity index (χ3n) is 5.53. The summed E-state index contributed by atoms with van der Waals surface area (Å²) in [6.07, 6.45) is 5.34. The average molecular weight is 402 g/mol. The summed E-state index contributed by atoms with van der Waals surface area (Å²) in [5.41, 5.74) is 0.623. The Morgan fingerprint density at radius 1 is 1.25 bits per heavy atom. The highest BCUT2D eigenvalue weighted by Gasteiger charge is 2.26. The molecule has 0 N–H and O–H groups in total. The van der Waals surface area contributed by atoms with Crippen molar-refractivity contribution in [2.24, 2.45) is 0 Å². The zero-order chi connectivity index (χ0) is 19.5. The van der Waals surface area contributed by atoms with Gasteiger partial charge in [-0.3, -0.25) is 14.2 Å². The van der Waals surface area contributed by atoms with Crippen LogP contribution in [0.5, 0.6) is 0 Å². The van der Waals surface area contributed by atoms with E-state index < -0.39 is 0 Å². The maximum Gasteiger partial charge on any atom is 0.262 e. The summed E-state index contributed by atoms with van der Waals surface area (Å²) < 4.78 is 7.47. The van der Waals surface area contributed by atoms with Crippen LogP contribution in [-0.2, 0) is 16.1 Å². The van der Waals surface area contributed by atoms with Crippen LogP contribution in [0.4, 0.5) is 0 Å². The minimum Gasteiger partial charge on any atom is -0.376 e. The van der Waals surface area contributed by atoms with Crippen molar-refractivity contribution in [2.75, 3.05) is 19.7 Å². The largest absolute Gasteiger partial charge is 0.376 e. The van der Waals surface area contributed by atoms with E-state index in [0.717, 1.165) is 45.4 Å². The van der Waals surface area contributed by atoms with Gasteiger partial charge in [0.25, 0.3) is 5.56 Å². The van der Waals surface area contributed by atoms with Crippen molar-refractivity contribution >= 4 is 28.6 Å². The van der Waals surface area contributed by atoms with Gasteiger partial charge >= 0.3 is 0 Å². The van der Waals surface area contributed by atoms with E-state index in [2.05, 4.69) is 0 Å². The maximum atomic E-state index is 13.1. The normalized spacial score (nSPS) is 21.2. The second-order valence-electron chi connectivity index (χ2n) is 7.61. The van der Waals surface area contributed by atoms with E-state index in [1.165, 1.54) is 18.2 Å². The van der Waals surface area contributed by atoms with Crippen LogP contribution < -0.4 is 5.56 Å². The van der Waals surface area contributed by atoms with Crippen molar-refractivity contribution in [1.29, 1.82) is 0 Å². The summed E-state index contributed by atoms with van der Waals surface area (Å²) in [6.45, 7) is 4.81. The number of likely N-dealkylation sites (tertiary alicyclic amines) is 1. The first-order valence-corrected chi connectivity index (χ1v) is 11.1. The molecule has 3 heterocycles. The van der Waals surface area contributed by atoms with Crippen LogP contribution in [0.25, 0.3) is 10.9 Å². The molecule has 0 aliphatic carbocycles. The van der Waals surface area contributed by atoms with Crippen LogP contribution in [-0.4, -0.2) is 51.4 Å². The first kappa shape index (κ1) is 19.5. The van der Waals surface area contributed by atoms with Crippen LogP contribution in [0.15, 0.2) is 34.2 Å². The minimum atomic E-state index is -0.276. The van der Waals surface area contributed by atoms with Crippen molar-refractivity contribution in [3.8, 4) is 0 Å². The molecule has 2 aliphatic rings. The Bertz CT molecular complexity index is 901. The number of carbonyl (C=O) groups is 1. The molecule has 2 atom stereocenters. The summed E-state index contributed by atoms with van der Waals surface area (Å²) in [5.74, 6) is 0.135. The van der Waals surface area contributed by atoms with Crippen LogP contribution >= 0.6 is 11.8 Å². The minimum absolute atomic E-state index is 0.0353. The number of benzene rings is 1. The molecule has 2 aromatic rings. The topological polar surface area (TPSA) is 64.4 Å². The van der Waals surface area contributed by atoms with E-state index in [4.69, 9.17) is 9.72 Å². The SMILES string of the molecule is CC(Sc1nc2ccccc2c(=O)n1CC1CCCO1)C(=O)N1CCCCC1. The molecule has 4 rings (SSSR count). The molecule has 6 nitrogen and oxygen atoms in total. The lowest BCUT2D eigenvalue weighted by Gasteiger charge is -2.29. The summed E-state index contributed by atoms with van der Waals surface area (Å²) in [5, 5.41) is 0.943. The molecule has 2 unspecified atom stereocenters. The van der Waals surface area contributed by atoms with Crippen molar-refractivity contribution in [3.63, 3.8) is 0 Å². The smallest absolute Gasteiger partial charge is 0.262 e. The number of amides is 1. The first-order chi connectivity index (χ1) is 13.6. The van der Waals surface area contributed by atoms with Gasteiger partial charge in [0.05, 0.1) is 28.8 Å². The Kier molecular flexibility index (Phi) is 6.01. The lowest BCUT2D eigenvalue weighted by atomic mass is 10.1. The molecule has 0 spiro atoms. The number of nitrogens with zero attached hydrogens (tertiary/aromatic N) is 3. The standard InChI is InChI=1S/C21H27N3O3S/c1-15(19(25)23-11-5-2-6-12-23)28-21-22-18-10-4-3-9-17(18)20(26)24(21)14-16-8-7-13-27-16/h3-4,9-10,15-16H,2,5-8,11-14H2,1H3. The van der Waals surface area contributed by atoms with Gasteiger partial charge in [-0.15, -0.1) is 0 Å². The summed E-state index contributed by atoms with van der Waals surface area (Å²) in [7, 11) is 0. The van der Waals surface area contributed by atoms with Gasteiger partial charge in [-0.1, -0.05) is 23.9 Å². The average Bonchev–Trinajstić information content (AvgIpc) is 3.24. The third-order valence-corrected chi connectivity index (χ3v) is 6.61. The van der Waals surface area contributed by atoms with E-state index in [0.29, 0.717) is 22.6 Å². The second-order valence-corrected chi connectivity index (χ2v) is 8.92. The predicted octanol–water partition coefficient (Wildman–Crippen LogP) is 3.07. The lowest BCUT2D eigenvalue weighted by molar-refractivity contribution is -0.131. The summed E-state index contributed by atoms with van der Waals surface area (Å²) in [6, 6.07) is 7.41. The van der Waals surface area contributed by atoms with Crippen LogP contribution in [0.1, 0.15) is 39.0 Å². The zero-order valence-electron chi connectivity index (χ0n) is 16.3. The molecular formula is C21H27N3O3S. The number of ether oxygens (including phenoxy) is 1. The molecule has 2 fully saturated rings. The van der Waals surface area contributed by atoms with E-state index in [-0.39, 0.29) is 22.8 Å². The van der Waals surface area contributed by atoms with Gasteiger partial charge in [-0.25, -0.2) is 4.98 Å². The maximum absolute atomic E-state index is 13.1. The van der Waals surface area contributed by atoms with Gasteiger partial charge in [-0.2, -0.15) is 0 Å². The Balaban J connectivity index is 1.63. The molecular weight excluding hydrogens is 374 g/mol. The molecule has 2 saturated heterocycles. The molecule has 0 bridgehead atoms. The molecule has 0 radical (unpaired) electrons. The Morgan fingerprint density at radius 3 is 2.79 bits per heavy atom. The quantitative estimate of drug-likeness (QED) is 0.569. The fourth-order valence-corrected chi connectivity index (χ4v) is 4.97. The zero-order valence-corrected chi connectivity index (χ0v) is 17.1. The van der Waals surface area contributed by atoms with Crippen molar-refractivity contribution in [1.82, 2.24) is 14.5 Å². The Morgan fingerprint density at radius 2 is 2.04 bits per heavy atom. The number of carbonyl (C=O) groups excluding carboxylic acids is 1. The van der Waals surface area contributed by atoms with Crippen LogP contribution in [0.3, 0.4) is 0 Å². The Hall–Kier alpha value is -1.86. The highest BCUT2D eigenvalue weighted by atomic mass is 32.2. The number of fused-ring (bicyclic) bond motifs is 1.